The minimum Gasteiger partial charge on any atom is -0.322 e. The first-order valence-corrected chi connectivity index (χ1v) is 6.21. The van der Waals surface area contributed by atoms with E-state index in [0.717, 1.165) is 24.0 Å². The number of hydrogen-bond donors (Lipinski definition) is 1. The average molecular weight is 246 g/mol. The molecule has 2 heterocycles. The maximum atomic E-state index is 12.2. The molecule has 18 heavy (non-hydrogen) atoms. The van der Waals surface area contributed by atoms with Crippen LogP contribution in [-0.4, -0.2) is 35.2 Å². The van der Waals surface area contributed by atoms with Crippen LogP contribution in [0.1, 0.15) is 25.7 Å². The highest BCUT2D eigenvalue weighted by Crippen LogP contribution is 2.31. The maximum absolute atomic E-state index is 12.2. The molecule has 0 saturated carbocycles. The predicted octanol–water partition coefficient (Wildman–Crippen LogP) is 0.280. The van der Waals surface area contributed by atoms with E-state index in [1.165, 1.54) is 0 Å². The molecular weight excluding hydrogens is 232 g/mol. The van der Waals surface area contributed by atoms with Crippen LogP contribution in [0.5, 0.6) is 0 Å². The van der Waals surface area contributed by atoms with E-state index in [1.54, 1.807) is 4.90 Å². The molecule has 1 aliphatic carbocycles. The first-order valence-electron chi connectivity index (χ1n) is 6.21. The first kappa shape index (κ1) is 11.2. The van der Waals surface area contributed by atoms with Crippen molar-refractivity contribution in [2.75, 3.05) is 6.54 Å². The number of hydrogen-bond acceptors (Lipinski definition) is 3. The van der Waals surface area contributed by atoms with Crippen LogP contribution in [0.4, 0.5) is 0 Å². The molecule has 0 aromatic carbocycles. The molecule has 3 amide bonds. The highest BCUT2D eigenvalue weighted by molar-refractivity contribution is 6.06. The molecule has 3 rings (SSSR count). The van der Waals surface area contributed by atoms with Crippen molar-refractivity contribution < 1.29 is 14.4 Å². The Morgan fingerprint density at radius 2 is 1.94 bits per heavy atom. The Labute approximate surface area is 105 Å². The Hall–Kier alpha value is -1.91. The van der Waals surface area contributed by atoms with E-state index in [2.05, 4.69) is 11.4 Å². The zero-order valence-electron chi connectivity index (χ0n) is 9.94. The number of imide groups is 1. The molecule has 0 aromatic heterocycles. The number of amides is 3. The van der Waals surface area contributed by atoms with Crippen LogP contribution in [-0.2, 0) is 14.4 Å². The quantitative estimate of drug-likeness (QED) is 0.676. The molecule has 0 unspecified atom stereocenters. The van der Waals surface area contributed by atoms with Gasteiger partial charge in [0.05, 0.1) is 0 Å². The second-order valence-electron chi connectivity index (χ2n) is 4.82. The topological polar surface area (TPSA) is 66.5 Å². The number of rotatable bonds is 1. The molecule has 0 aromatic rings. The van der Waals surface area contributed by atoms with Crippen LogP contribution in [0.15, 0.2) is 23.3 Å². The second-order valence-corrected chi connectivity index (χ2v) is 4.82. The Balaban J connectivity index is 1.84. The maximum Gasteiger partial charge on any atom is 0.254 e. The molecular formula is C13H14N2O3. The van der Waals surface area contributed by atoms with Crippen molar-refractivity contribution in [3.63, 3.8) is 0 Å². The number of nitrogens with one attached hydrogen (secondary N) is 1. The van der Waals surface area contributed by atoms with Crippen molar-refractivity contribution in [2.45, 2.75) is 31.7 Å². The van der Waals surface area contributed by atoms with E-state index in [1.807, 2.05) is 6.08 Å². The van der Waals surface area contributed by atoms with E-state index in [0.29, 0.717) is 19.4 Å². The SMILES string of the molecule is O=C1CC[C@H](N2CC3=CCCC=C3C2=O)C(=O)N1. The Morgan fingerprint density at radius 1 is 1.17 bits per heavy atom. The van der Waals surface area contributed by atoms with Crippen molar-refractivity contribution in [3.8, 4) is 0 Å². The Morgan fingerprint density at radius 3 is 2.67 bits per heavy atom. The van der Waals surface area contributed by atoms with Gasteiger partial charge in [-0.25, -0.2) is 0 Å². The lowest BCUT2D eigenvalue weighted by Gasteiger charge is -2.28. The fourth-order valence-electron chi connectivity index (χ4n) is 2.74. The lowest BCUT2D eigenvalue weighted by molar-refractivity contribution is -0.142. The Kier molecular flexibility index (Phi) is 2.54. The summed E-state index contributed by atoms with van der Waals surface area (Å²) in [6.45, 7) is 0.497. The standard InChI is InChI=1S/C13H14N2O3/c16-11-6-5-10(12(17)14-11)15-7-8-3-1-2-4-9(8)13(15)18/h3-4,10H,1-2,5-7H2,(H,14,16,17)/t10-/m0/s1. The van der Waals surface area contributed by atoms with Crippen molar-refractivity contribution >= 4 is 17.7 Å². The molecule has 3 aliphatic rings. The molecule has 0 radical (unpaired) electrons. The monoisotopic (exact) mass is 246 g/mol. The number of likely N-dealkylation sites (tertiary alicyclic amines) is 1. The van der Waals surface area contributed by atoms with Gasteiger partial charge >= 0.3 is 0 Å². The summed E-state index contributed by atoms with van der Waals surface area (Å²) in [7, 11) is 0. The number of nitrogens with zero attached hydrogens (tertiary/aromatic N) is 1. The number of allylic oxidation sites excluding steroid dienone is 2. The number of fused-ring (bicyclic) bond motifs is 1. The minimum absolute atomic E-state index is 0.0737. The largest absolute Gasteiger partial charge is 0.322 e. The molecule has 2 fully saturated rings. The van der Waals surface area contributed by atoms with E-state index in [-0.39, 0.29) is 17.7 Å². The smallest absolute Gasteiger partial charge is 0.254 e. The van der Waals surface area contributed by atoms with Gasteiger partial charge in [-0.2, -0.15) is 0 Å². The molecule has 5 nitrogen and oxygen atoms in total. The molecule has 0 spiro atoms. The van der Waals surface area contributed by atoms with Crippen molar-refractivity contribution in [1.82, 2.24) is 10.2 Å². The fourth-order valence-corrected chi connectivity index (χ4v) is 2.74. The molecule has 1 atom stereocenters. The zero-order valence-corrected chi connectivity index (χ0v) is 9.94. The lowest BCUT2D eigenvalue weighted by atomic mass is 10.0. The Bertz CT molecular complexity index is 504. The summed E-state index contributed by atoms with van der Waals surface area (Å²) >= 11 is 0. The van der Waals surface area contributed by atoms with Crippen LogP contribution in [0.2, 0.25) is 0 Å². The van der Waals surface area contributed by atoms with E-state index in [4.69, 9.17) is 0 Å². The third kappa shape index (κ3) is 1.66. The predicted molar refractivity (Wildman–Crippen MR) is 63.3 cm³/mol. The van der Waals surface area contributed by atoms with Gasteiger partial charge in [0.1, 0.15) is 6.04 Å². The van der Waals surface area contributed by atoms with Gasteiger partial charge in [-0.3, -0.25) is 19.7 Å². The van der Waals surface area contributed by atoms with Gasteiger partial charge < -0.3 is 4.90 Å². The normalized spacial score (nSPS) is 27.7. The lowest BCUT2D eigenvalue weighted by Crippen LogP contribution is -2.52. The first-order chi connectivity index (χ1) is 8.66. The summed E-state index contributed by atoms with van der Waals surface area (Å²) in [5.41, 5.74) is 1.77. The summed E-state index contributed by atoms with van der Waals surface area (Å²) in [6.07, 6.45) is 6.58. The van der Waals surface area contributed by atoms with E-state index < -0.39 is 6.04 Å². The van der Waals surface area contributed by atoms with Gasteiger partial charge in [0.2, 0.25) is 11.8 Å². The number of carbonyl (C=O) groups excluding carboxylic acids is 3. The summed E-state index contributed by atoms with van der Waals surface area (Å²) in [6, 6.07) is -0.498. The van der Waals surface area contributed by atoms with Crippen LogP contribution in [0.3, 0.4) is 0 Å². The summed E-state index contributed by atoms with van der Waals surface area (Å²) in [5, 5.41) is 2.30. The van der Waals surface area contributed by atoms with Crippen LogP contribution in [0, 0.1) is 0 Å². The van der Waals surface area contributed by atoms with Gasteiger partial charge in [0, 0.05) is 18.5 Å². The van der Waals surface area contributed by atoms with Crippen molar-refractivity contribution in [2.24, 2.45) is 0 Å². The molecule has 5 heteroatoms. The molecule has 94 valence electrons. The minimum atomic E-state index is -0.498. The summed E-state index contributed by atoms with van der Waals surface area (Å²) in [4.78, 5) is 36.7. The second kappa shape index (κ2) is 4.08. The fraction of sp³-hybridized carbons (Fsp3) is 0.462. The third-order valence-corrected chi connectivity index (χ3v) is 3.67. The number of carbonyl (C=O) groups is 3. The molecule has 0 bridgehead atoms. The van der Waals surface area contributed by atoms with E-state index in [9.17, 15) is 14.4 Å². The van der Waals surface area contributed by atoms with Gasteiger partial charge in [-0.15, -0.1) is 0 Å². The summed E-state index contributed by atoms with van der Waals surface area (Å²) in [5.74, 6) is -0.673. The van der Waals surface area contributed by atoms with Crippen molar-refractivity contribution in [3.05, 3.63) is 23.3 Å². The van der Waals surface area contributed by atoms with Crippen LogP contribution >= 0.6 is 0 Å². The van der Waals surface area contributed by atoms with Crippen LogP contribution in [0.25, 0.3) is 0 Å². The van der Waals surface area contributed by atoms with Crippen molar-refractivity contribution in [1.29, 1.82) is 0 Å². The molecule has 1 N–H and O–H groups in total. The zero-order chi connectivity index (χ0) is 12.7. The van der Waals surface area contributed by atoms with E-state index >= 15 is 0 Å². The van der Waals surface area contributed by atoms with Gasteiger partial charge in [0.15, 0.2) is 0 Å². The number of piperidine rings is 1. The third-order valence-electron chi connectivity index (χ3n) is 3.67. The van der Waals surface area contributed by atoms with Gasteiger partial charge in [-0.1, -0.05) is 12.2 Å². The highest BCUT2D eigenvalue weighted by atomic mass is 16.2. The van der Waals surface area contributed by atoms with Gasteiger partial charge in [-0.05, 0) is 24.8 Å². The molecule has 2 aliphatic heterocycles. The average Bonchev–Trinajstić information content (AvgIpc) is 2.68. The van der Waals surface area contributed by atoms with Gasteiger partial charge in [0.25, 0.3) is 5.91 Å². The highest BCUT2D eigenvalue weighted by Gasteiger charge is 2.40. The molecule has 2 saturated heterocycles. The van der Waals surface area contributed by atoms with Crippen LogP contribution < -0.4 is 5.32 Å². The summed E-state index contributed by atoms with van der Waals surface area (Å²) < 4.78 is 0.